The molecule has 0 atom stereocenters. The average molecular weight is 234 g/mol. The van der Waals surface area contributed by atoms with Crippen LogP contribution in [-0.2, 0) is 9.36 Å². The van der Waals surface area contributed by atoms with Gasteiger partial charge in [0.2, 0.25) is 0 Å². The number of ketones is 1. The van der Waals surface area contributed by atoms with Crippen LogP contribution in [0, 0.1) is 11.8 Å². The van der Waals surface area contributed by atoms with Crippen molar-refractivity contribution in [1.82, 2.24) is 0 Å². The molecule has 4 nitrogen and oxygen atoms in total. The Morgan fingerprint density at radius 1 is 1.27 bits per heavy atom. The number of hydrogen-bond donors (Lipinski definition) is 2. The third kappa shape index (κ3) is 4.45. The fraction of sp³-hybridized carbons (Fsp3) is 0.900. The van der Waals surface area contributed by atoms with Crippen LogP contribution in [0.5, 0.6) is 0 Å². The molecule has 0 saturated heterocycles. The topological polar surface area (TPSA) is 74.6 Å². The minimum atomic E-state index is -4.16. The van der Waals surface area contributed by atoms with Crippen molar-refractivity contribution in [1.29, 1.82) is 0 Å². The van der Waals surface area contributed by atoms with Gasteiger partial charge in [-0.05, 0) is 31.6 Å². The molecular formula is C10H19O4P. The molecule has 0 unspecified atom stereocenters. The highest BCUT2D eigenvalue weighted by molar-refractivity contribution is 7.52. The summed E-state index contributed by atoms with van der Waals surface area (Å²) in [5.74, 6) is 0.336. The molecule has 0 heterocycles. The van der Waals surface area contributed by atoms with Crippen molar-refractivity contribution < 1.29 is 19.1 Å². The number of Topliss-reactive ketones (excluding diaryl/α,β-unsaturated/α-hetero) is 1. The van der Waals surface area contributed by atoms with Crippen LogP contribution in [0.1, 0.15) is 39.0 Å². The van der Waals surface area contributed by atoms with Crippen molar-refractivity contribution in [2.75, 3.05) is 6.16 Å². The van der Waals surface area contributed by atoms with Crippen LogP contribution in [-0.4, -0.2) is 21.7 Å². The molecule has 1 fully saturated rings. The van der Waals surface area contributed by atoms with Gasteiger partial charge in [-0.25, -0.2) is 0 Å². The Kier molecular flexibility index (Phi) is 4.50. The maximum Gasteiger partial charge on any atom is 0.332 e. The van der Waals surface area contributed by atoms with Crippen LogP contribution in [0.15, 0.2) is 0 Å². The van der Waals surface area contributed by atoms with E-state index in [9.17, 15) is 9.36 Å². The minimum absolute atomic E-state index is 0.111. The Morgan fingerprint density at radius 3 is 2.20 bits per heavy atom. The molecule has 5 heteroatoms. The standard InChI is InChI=1S/C10H19O4P/c1-2-8-3-5-9(6-4-8)10(11)7-15(12,13)14/h8-9H,2-7H2,1H3,(H2,12,13,14)/t8-,9-. The van der Waals surface area contributed by atoms with Crippen LogP contribution in [0.4, 0.5) is 0 Å². The van der Waals surface area contributed by atoms with Gasteiger partial charge in [0.15, 0.2) is 0 Å². The van der Waals surface area contributed by atoms with Gasteiger partial charge in [0.25, 0.3) is 0 Å². The quantitative estimate of drug-likeness (QED) is 0.729. The highest BCUT2D eigenvalue weighted by Gasteiger charge is 2.29. The van der Waals surface area contributed by atoms with E-state index in [1.54, 1.807) is 0 Å². The summed E-state index contributed by atoms with van der Waals surface area (Å²) in [5, 5.41) is 0. The molecule has 0 aromatic carbocycles. The van der Waals surface area contributed by atoms with E-state index in [0.29, 0.717) is 5.92 Å². The third-order valence-electron chi connectivity index (χ3n) is 3.24. The van der Waals surface area contributed by atoms with E-state index in [1.165, 1.54) is 0 Å². The molecule has 88 valence electrons. The maximum absolute atomic E-state index is 11.5. The predicted molar refractivity (Wildman–Crippen MR) is 57.7 cm³/mol. The molecule has 2 N–H and O–H groups in total. The van der Waals surface area contributed by atoms with Crippen LogP contribution in [0.2, 0.25) is 0 Å². The van der Waals surface area contributed by atoms with E-state index in [2.05, 4.69) is 6.92 Å². The smallest absolute Gasteiger partial charge is 0.324 e. The normalized spacial score (nSPS) is 27.7. The van der Waals surface area contributed by atoms with Gasteiger partial charge < -0.3 is 9.79 Å². The van der Waals surface area contributed by atoms with Gasteiger partial charge in [0, 0.05) is 5.92 Å². The van der Waals surface area contributed by atoms with E-state index in [-0.39, 0.29) is 11.7 Å². The van der Waals surface area contributed by atoms with Crippen LogP contribution < -0.4 is 0 Å². The number of carbonyl (C=O) groups excluding carboxylic acids is 1. The summed E-state index contributed by atoms with van der Waals surface area (Å²) < 4.78 is 10.7. The minimum Gasteiger partial charge on any atom is -0.324 e. The Bertz CT molecular complexity index is 263. The average Bonchev–Trinajstić information content (AvgIpc) is 2.15. The van der Waals surface area contributed by atoms with E-state index in [4.69, 9.17) is 9.79 Å². The summed E-state index contributed by atoms with van der Waals surface area (Å²) in [5.41, 5.74) is 0. The van der Waals surface area contributed by atoms with Crippen molar-refractivity contribution >= 4 is 13.4 Å². The first-order valence-corrected chi connectivity index (χ1v) is 7.29. The molecule has 0 aliphatic heterocycles. The van der Waals surface area contributed by atoms with E-state index in [0.717, 1.165) is 32.1 Å². The Labute approximate surface area is 90.2 Å². The van der Waals surface area contributed by atoms with Crippen LogP contribution >= 0.6 is 7.60 Å². The Hall–Kier alpha value is -0.180. The van der Waals surface area contributed by atoms with Gasteiger partial charge in [0.1, 0.15) is 11.9 Å². The first-order valence-electron chi connectivity index (χ1n) is 5.49. The second kappa shape index (κ2) is 5.24. The lowest BCUT2D eigenvalue weighted by Gasteiger charge is -2.26. The summed E-state index contributed by atoms with van der Waals surface area (Å²) in [6.07, 6.45) is 4.21. The maximum atomic E-state index is 11.5. The number of carbonyl (C=O) groups is 1. The fourth-order valence-electron chi connectivity index (χ4n) is 2.22. The summed E-state index contributed by atoms with van der Waals surface area (Å²) in [6, 6.07) is 0. The van der Waals surface area contributed by atoms with Gasteiger partial charge in [-0.1, -0.05) is 13.3 Å². The van der Waals surface area contributed by atoms with E-state index in [1.807, 2.05) is 0 Å². The predicted octanol–water partition coefficient (Wildman–Crippen LogP) is 1.95. The summed E-state index contributed by atoms with van der Waals surface area (Å²) in [6.45, 7) is 2.14. The molecule has 15 heavy (non-hydrogen) atoms. The summed E-state index contributed by atoms with van der Waals surface area (Å²) >= 11 is 0. The zero-order valence-electron chi connectivity index (χ0n) is 9.06. The van der Waals surface area contributed by atoms with Gasteiger partial charge in [-0.3, -0.25) is 9.36 Å². The van der Waals surface area contributed by atoms with E-state index >= 15 is 0 Å². The molecule has 1 saturated carbocycles. The zero-order valence-corrected chi connectivity index (χ0v) is 9.95. The molecule has 1 rings (SSSR count). The fourth-order valence-corrected chi connectivity index (χ4v) is 2.89. The SMILES string of the molecule is CC[C@H]1CC[C@H](C(=O)CP(=O)(O)O)CC1. The van der Waals surface area contributed by atoms with Crippen molar-refractivity contribution in [2.24, 2.45) is 11.8 Å². The number of hydrogen-bond acceptors (Lipinski definition) is 2. The van der Waals surface area contributed by atoms with Crippen molar-refractivity contribution in [3.8, 4) is 0 Å². The third-order valence-corrected chi connectivity index (χ3v) is 3.96. The first-order chi connectivity index (χ1) is 6.92. The monoisotopic (exact) mass is 234 g/mol. The first kappa shape index (κ1) is 12.9. The van der Waals surface area contributed by atoms with Crippen molar-refractivity contribution in [3.63, 3.8) is 0 Å². The molecule has 1 aliphatic carbocycles. The van der Waals surface area contributed by atoms with Gasteiger partial charge >= 0.3 is 7.60 Å². The molecule has 0 amide bonds. The molecule has 0 bridgehead atoms. The highest BCUT2D eigenvalue weighted by atomic mass is 31.2. The molecular weight excluding hydrogens is 215 g/mol. The lowest BCUT2D eigenvalue weighted by Crippen LogP contribution is -2.24. The molecule has 0 aromatic rings. The van der Waals surface area contributed by atoms with Crippen molar-refractivity contribution in [3.05, 3.63) is 0 Å². The zero-order chi connectivity index (χ0) is 11.5. The van der Waals surface area contributed by atoms with Gasteiger partial charge in [-0.2, -0.15) is 0 Å². The molecule has 0 spiro atoms. The summed E-state index contributed by atoms with van der Waals surface area (Å²) in [4.78, 5) is 28.9. The molecule has 0 radical (unpaired) electrons. The highest BCUT2D eigenvalue weighted by Crippen LogP contribution is 2.38. The Morgan fingerprint density at radius 2 is 1.80 bits per heavy atom. The van der Waals surface area contributed by atoms with Crippen LogP contribution in [0.25, 0.3) is 0 Å². The second-order valence-corrected chi connectivity index (χ2v) is 6.06. The number of rotatable bonds is 4. The van der Waals surface area contributed by atoms with E-state index < -0.39 is 13.8 Å². The second-order valence-electron chi connectivity index (χ2n) is 4.42. The lowest BCUT2D eigenvalue weighted by molar-refractivity contribution is -0.121. The van der Waals surface area contributed by atoms with Crippen LogP contribution in [0.3, 0.4) is 0 Å². The molecule has 0 aromatic heterocycles. The van der Waals surface area contributed by atoms with Crippen molar-refractivity contribution in [2.45, 2.75) is 39.0 Å². The van der Waals surface area contributed by atoms with Gasteiger partial charge in [-0.15, -0.1) is 0 Å². The van der Waals surface area contributed by atoms with Gasteiger partial charge in [0.05, 0.1) is 0 Å². The molecule has 1 aliphatic rings. The largest absolute Gasteiger partial charge is 0.332 e. The Balaban J connectivity index is 2.40. The lowest BCUT2D eigenvalue weighted by atomic mass is 9.79. The summed E-state index contributed by atoms with van der Waals surface area (Å²) in [7, 11) is -4.16.